The van der Waals surface area contributed by atoms with Crippen LogP contribution in [0.1, 0.15) is 44.9 Å². The fraction of sp³-hybridized carbons (Fsp3) is 0.409. The number of amides is 2. The molecule has 0 radical (unpaired) electrons. The van der Waals surface area contributed by atoms with Gasteiger partial charge < -0.3 is 10.1 Å². The molecule has 1 aliphatic carbocycles. The van der Waals surface area contributed by atoms with Gasteiger partial charge in [0.25, 0.3) is 5.91 Å². The van der Waals surface area contributed by atoms with Crippen LogP contribution in [-0.2, 0) is 9.59 Å². The highest BCUT2D eigenvalue weighted by Crippen LogP contribution is 2.27. The summed E-state index contributed by atoms with van der Waals surface area (Å²) >= 11 is 5.06. The molecular formula is C22H27N3O3S. The van der Waals surface area contributed by atoms with Crippen molar-refractivity contribution in [3.05, 3.63) is 42.5 Å². The van der Waals surface area contributed by atoms with Gasteiger partial charge in [-0.1, -0.05) is 68.5 Å². The Balaban J connectivity index is 1.35. The van der Waals surface area contributed by atoms with Crippen LogP contribution >= 0.6 is 12.2 Å². The van der Waals surface area contributed by atoms with Crippen LogP contribution in [0.3, 0.4) is 0 Å². The van der Waals surface area contributed by atoms with Crippen LogP contribution in [0.15, 0.2) is 42.5 Å². The van der Waals surface area contributed by atoms with Crippen molar-refractivity contribution in [1.82, 2.24) is 16.2 Å². The van der Waals surface area contributed by atoms with Gasteiger partial charge in [0.2, 0.25) is 5.91 Å². The van der Waals surface area contributed by atoms with Gasteiger partial charge in [0.05, 0.1) is 0 Å². The highest BCUT2D eigenvalue weighted by atomic mass is 32.1. The number of rotatable bonds is 6. The Bertz CT molecular complexity index is 860. The first kappa shape index (κ1) is 21.0. The minimum Gasteiger partial charge on any atom is -0.483 e. The van der Waals surface area contributed by atoms with Gasteiger partial charge in [-0.05, 0) is 36.0 Å². The summed E-state index contributed by atoms with van der Waals surface area (Å²) in [6.45, 7) is -0.167. The van der Waals surface area contributed by atoms with E-state index in [1.165, 1.54) is 32.1 Å². The van der Waals surface area contributed by atoms with Gasteiger partial charge in [-0.15, -0.1) is 0 Å². The average Bonchev–Trinajstić information content (AvgIpc) is 2.75. The summed E-state index contributed by atoms with van der Waals surface area (Å²) in [7, 11) is 0. The molecule has 0 heterocycles. The van der Waals surface area contributed by atoms with E-state index in [0.29, 0.717) is 18.1 Å². The van der Waals surface area contributed by atoms with E-state index in [4.69, 9.17) is 17.0 Å². The molecule has 6 nitrogen and oxygen atoms in total. The third kappa shape index (κ3) is 6.71. The molecule has 0 bridgehead atoms. The van der Waals surface area contributed by atoms with Crippen LogP contribution in [0.25, 0.3) is 10.8 Å². The second-order valence-electron chi connectivity index (χ2n) is 7.36. The number of fused-ring (bicyclic) bond motifs is 1. The predicted molar refractivity (Wildman–Crippen MR) is 117 cm³/mol. The molecule has 2 aromatic carbocycles. The van der Waals surface area contributed by atoms with Gasteiger partial charge in [0.1, 0.15) is 5.75 Å². The zero-order valence-electron chi connectivity index (χ0n) is 16.4. The lowest BCUT2D eigenvalue weighted by molar-refractivity contribution is -0.124. The van der Waals surface area contributed by atoms with Gasteiger partial charge >= 0.3 is 0 Å². The van der Waals surface area contributed by atoms with Crippen molar-refractivity contribution >= 4 is 39.9 Å². The largest absolute Gasteiger partial charge is 0.483 e. The van der Waals surface area contributed by atoms with Crippen LogP contribution in [-0.4, -0.2) is 23.5 Å². The van der Waals surface area contributed by atoms with E-state index in [0.717, 1.165) is 17.2 Å². The number of ether oxygens (including phenoxy) is 1. The molecule has 0 aromatic heterocycles. The quantitative estimate of drug-likeness (QED) is 0.498. The third-order valence-electron chi connectivity index (χ3n) is 5.18. The highest BCUT2D eigenvalue weighted by molar-refractivity contribution is 7.80. The topological polar surface area (TPSA) is 79.5 Å². The van der Waals surface area contributed by atoms with Gasteiger partial charge in [-0.25, -0.2) is 0 Å². The first-order valence-electron chi connectivity index (χ1n) is 10.1. The van der Waals surface area contributed by atoms with Crippen molar-refractivity contribution in [3.8, 4) is 5.75 Å². The standard InChI is InChI=1S/C22H27N3O3S/c26-20(14-13-16-7-2-1-3-8-16)23-22(29)25-24-21(27)15-28-19-12-6-10-17-9-4-5-11-18(17)19/h4-6,9-12,16H,1-3,7-8,13-15H2,(H,24,27)(H2,23,25,26,29). The Morgan fingerprint density at radius 3 is 2.55 bits per heavy atom. The minimum absolute atomic E-state index is 0.0807. The van der Waals surface area contributed by atoms with Crippen molar-refractivity contribution in [1.29, 1.82) is 0 Å². The summed E-state index contributed by atoms with van der Waals surface area (Å²) in [6.07, 6.45) is 7.59. The summed E-state index contributed by atoms with van der Waals surface area (Å²) in [5.41, 5.74) is 4.99. The maximum atomic E-state index is 12.0. The summed E-state index contributed by atoms with van der Waals surface area (Å²) in [6, 6.07) is 13.5. The van der Waals surface area contributed by atoms with Crippen LogP contribution in [0.4, 0.5) is 0 Å². The molecule has 1 fully saturated rings. The fourth-order valence-corrected chi connectivity index (χ4v) is 3.82. The number of hydrazine groups is 1. The normalized spacial score (nSPS) is 14.2. The molecule has 3 rings (SSSR count). The monoisotopic (exact) mass is 413 g/mol. The summed E-state index contributed by atoms with van der Waals surface area (Å²) in [4.78, 5) is 24.0. The van der Waals surface area contributed by atoms with E-state index in [1.807, 2.05) is 42.5 Å². The number of thiocarbonyl (C=S) groups is 1. The number of nitrogens with one attached hydrogen (secondary N) is 3. The highest BCUT2D eigenvalue weighted by Gasteiger charge is 2.15. The smallest absolute Gasteiger partial charge is 0.276 e. The molecular weight excluding hydrogens is 386 g/mol. The molecule has 154 valence electrons. The van der Waals surface area contributed by atoms with Crippen LogP contribution in [0.2, 0.25) is 0 Å². The van der Waals surface area contributed by atoms with E-state index in [9.17, 15) is 9.59 Å². The predicted octanol–water partition coefficient (Wildman–Crippen LogP) is 3.60. The molecule has 0 spiro atoms. The van der Waals surface area contributed by atoms with Crippen molar-refractivity contribution in [2.75, 3.05) is 6.61 Å². The van der Waals surface area contributed by atoms with E-state index in [2.05, 4.69) is 16.2 Å². The molecule has 1 aliphatic rings. The maximum Gasteiger partial charge on any atom is 0.276 e. The number of hydrogen-bond donors (Lipinski definition) is 3. The Hall–Kier alpha value is -2.67. The molecule has 7 heteroatoms. The summed E-state index contributed by atoms with van der Waals surface area (Å²) in [5.74, 6) is 0.754. The minimum atomic E-state index is -0.392. The summed E-state index contributed by atoms with van der Waals surface area (Å²) in [5, 5.41) is 4.66. The molecule has 0 saturated heterocycles. The van der Waals surface area contributed by atoms with Crippen LogP contribution in [0, 0.1) is 5.92 Å². The van der Waals surface area contributed by atoms with Crippen molar-refractivity contribution < 1.29 is 14.3 Å². The first-order valence-corrected chi connectivity index (χ1v) is 10.5. The average molecular weight is 414 g/mol. The Kier molecular flexibility index (Phi) is 7.81. The molecule has 1 saturated carbocycles. The molecule has 0 aliphatic heterocycles. The third-order valence-corrected chi connectivity index (χ3v) is 5.39. The number of hydrogen-bond acceptors (Lipinski definition) is 4. The van der Waals surface area contributed by atoms with Crippen molar-refractivity contribution in [3.63, 3.8) is 0 Å². The van der Waals surface area contributed by atoms with Crippen LogP contribution in [0.5, 0.6) is 5.75 Å². The number of carbonyl (C=O) groups excluding carboxylic acids is 2. The Morgan fingerprint density at radius 1 is 0.966 bits per heavy atom. The maximum absolute atomic E-state index is 12.0. The number of carbonyl (C=O) groups is 2. The molecule has 0 unspecified atom stereocenters. The molecule has 3 N–H and O–H groups in total. The zero-order chi connectivity index (χ0) is 20.5. The SMILES string of the molecule is O=C(COc1cccc2ccccc12)NNC(=S)NC(=O)CCC1CCCCC1. The van der Waals surface area contributed by atoms with E-state index >= 15 is 0 Å². The lowest BCUT2D eigenvalue weighted by atomic mass is 9.86. The van der Waals surface area contributed by atoms with E-state index < -0.39 is 5.91 Å². The van der Waals surface area contributed by atoms with Crippen LogP contribution < -0.4 is 20.9 Å². The Labute approximate surface area is 176 Å². The molecule has 0 atom stereocenters. The molecule has 2 aromatic rings. The fourth-order valence-electron chi connectivity index (χ4n) is 3.66. The van der Waals surface area contributed by atoms with E-state index in [-0.39, 0.29) is 17.6 Å². The second kappa shape index (κ2) is 10.8. The van der Waals surface area contributed by atoms with Crippen molar-refractivity contribution in [2.45, 2.75) is 44.9 Å². The number of benzene rings is 2. The van der Waals surface area contributed by atoms with Gasteiger partial charge in [0.15, 0.2) is 11.7 Å². The Morgan fingerprint density at radius 2 is 1.72 bits per heavy atom. The van der Waals surface area contributed by atoms with Gasteiger partial charge in [-0.2, -0.15) is 0 Å². The lowest BCUT2D eigenvalue weighted by Gasteiger charge is -2.21. The zero-order valence-corrected chi connectivity index (χ0v) is 17.2. The van der Waals surface area contributed by atoms with Crippen molar-refractivity contribution in [2.24, 2.45) is 5.92 Å². The van der Waals surface area contributed by atoms with E-state index in [1.54, 1.807) is 0 Å². The molecule has 2 amide bonds. The summed E-state index contributed by atoms with van der Waals surface area (Å²) < 4.78 is 5.62. The second-order valence-corrected chi connectivity index (χ2v) is 7.77. The van der Waals surface area contributed by atoms with Gasteiger partial charge in [0, 0.05) is 11.8 Å². The lowest BCUT2D eigenvalue weighted by Crippen LogP contribution is -2.49. The van der Waals surface area contributed by atoms with Gasteiger partial charge in [-0.3, -0.25) is 20.4 Å². The first-order chi connectivity index (χ1) is 14.1. The molecule has 29 heavy (non-hydrogen) atoms.